The summed E-state index contributed by atoms with van der Waals surface area (Å²) in [6, 6.07) is 11.8. The summed E-state index contributed by atoms with van der Waals surface area (Å²) in [6.45, 7) is 4.33. The molecule has 34 heavy (non-hydrogen) atoms. The van der Waals surface area contributed by atoms with Gasteiger partial charge in [0.2, 0.25) is 0 Å². The van der Waals surface area contributed by atoms with Crippen LogP contribution in [0.4, 0.5) is 16.0 Å². The highest BCUT2D eigenvalue weighted by molar-refractivity contribution is 7.06. The van der Waals surface area contributed by atoms with Gasteiger partial charge in [-0.05, 0) is 59.8 Å². The number of imidazole rings is 1. The van der Waals surface area contributed by atoms with Crippen molar-refractivity contribution in [1.29, 1.82) is 0 Å². The highest BCUT2D eigenvalue weighted by atomic mass is 32.1. The zero-order valence-electron chi connectivity index (χ0n) is 18.9. The zero-order valence-corrected chi connectivity index (χ0v) is 19.7. The second kappa shape index (κ2) is 10.5. The molecule has 176 valence electrons. The minimum absolute atomic E-state index is 0.297. The molecule has 2 aromatic heterocycles. The van der Waals surface area contributed by atoms with Crippen LogP contribution < -0.4 is 10.6 Å². The number of aromatic amines is 1. The van der Waals surface area contributed by atoms with Crippen LogP contribution in [0.25, 0.3) is 11.3 Å². The molecule has 4 N–H and O–H groups in total. The summed E-state index contributed by atoms with van der Waals surface area (Å²) in [6.07, 6.45) is 4.35. The molecule has 1 atom stereocenters. The van der Waals surface area contributed by atoms with Crippen LogP contribution in [0.2, 0.25) is 0 Å². The fraction of sp³-hybridized carbons (Fsp3) is 0.240. The molecule has 0 fully saturated rings. The van der Waals surface area contributed by atoms with E-state index >= 15 is 0 Å². The van der Waals surface area contributed by atoms with Crippen LogP contribution in [0.1, 0.15) is 28.5 Å². The number of hydrogen-bond donors (Lipinski definition) is 4. The van der Waals surface area contributed by atoms with Crippen molar-refractivity contribution in [2.75, 3.05) is 10.6 Å². The molecule has 2 heterocycles. The largest absolute Gasteiger partial charge is 0.480 e. The number of H-pyrrole nitrogens is 1. The Bertz CT molecular complexity index is 1260. The Morgan fingerprint density at radius 2 is 2.03 bits per heavy atom. The summed E-state index contributed by atoms with van der Waals surface area (Å²) < 4.78 is 18.3. The molecule has 2 aromatic carbocycles. The second-order valence-electron chi connectivity index (χ2n) is 8.02. The standard InChI is InChI=1S/C25H26FN5O2S/c1-3-17-12-19(26)10-15(2)23(17)30-22(24(32)33)11-16-4-6-18(7-5-16)21-13-20(34-31-21)14-29-25-27-8-9-28-25/h4-10,12-13,22,30H,3,11,14H2,1-2H3,(H,32,33)(H2,27,28,29). The van der Waals surface area contributed by atoms with E-state index in [-0.39, 0.29) is 5.82 Å². The molecule has 1 unspecified atom stereocenters. The van der Waals surface area contributed by atoms with Gasteiger partial charge in [-0.1, -0.05) is 31.2 Å². The molecule has 0 saturated carbocycles. The van der Waals surface area contributed by atoms with Crippen molar-refractivity contribution in [1.82, 2.24) is 14.3 Å². The molecule has 0 aliphatic carbocycles. The minimum atomic E-state index is -0.956. The van der Waals surface area contributed by atoms with Crippen LogP contribution in [-0.2, 0) is 24.2 Å². The van der Waals surface area contributed by atoms with E-state index < -0.39 is 12.0 Å². The van der Waals surface area contributed by atoms with Crippen LogP contribution >= 0.6 is 11.5 Å². The van der Waals surface area contributed by atoms with E-state index in [0.717, 1.165) is 27.3 Å². The number of anilines is 2. The Morgan fingerprint density at radius 1 is 1.24 bits per heavy atom. The molecule has 0 spiro atoms. The molecule has 0 amide bonds. The fourth-order valence-corrected chi connectivity index (χ4v) is 4.46. The second-order valence-corrected chi connectivity index (χ2v) is 8.91. The average Bonchev–Trinajstić information content (AvgIpc) is 3.51. The van der Waals surface area contributed by atoms with Crippen LogP contribution in [-0.4, -0.2) is 31.5 Å². The molecule has 4 aromatic rings. The van der Waals surface area contributed by atoms with Crippen molar-refractivity contribution >= 4 is 29.1 Å². The molecular weight excluding hydrogens is 453 g/mol. The SMILES string of the molecule is CCc1cc(F)cc(C)c1NC(Cc1ccc(-c2cc(CNc3ncc[nH]3)sn2)cc1)C(=O)O. The van der Waals surface area contributed by atoms with Gasteiger partial charge in [-0.25, -0.2) is 14.2 Å². The van der Waals surface area contributed by atoms with Gasteiger partial charge in [-0.3, -0.25) is 0 Å². The first-order valence-electron chi connectivity index (χ1n) is 11.0. The third-order valence-corrected chi connectivity index (χ3v) is 6.34. The number of halogens is 1. The molecule has 4 rings (SSSR count). The number of aliphatic carboxylic acids is 1. The maximum absolute atomic E-state index is 13.8. The van der Waals surface area contributed by atoms with Crippen molar-refractivity contribution in [2.45, 2.75) is 39.3 Å². The van der Waals surface area contributed by atoms with E-state index in [1.807, 2.05) is 37.3 Å². The maximum atomic E-state index is 13.8. The van der Waals surface area contributed by atoms with Gasteiger partial charge in [0.15, 0.2) is 5.95 Å². The lowest BCUT2D eigenvalue weighted by molar-refractivity contribution is -0.137. The number of hydrogen-bond acceptors (Lipinski definition) is 6. The van der Waals surface area contributed by atoms with Crippen molar-refractivity contribution in [3.8, 4) is 11.3 Å². The molecular formula is C25H26FN5O2S. The summed E-state index contributed by atoms with van der Waals surface area (Å²) >= 11 is 1.42. The van der Waals surface area contributed by atoms with Crippen LogP contribution in [0, 0.1) is 12.7 Å². The third-order valence-electron chi connectivity index (χ3n) is 5.56. The number of carbonyl (C=O) groups is 1. The molecule has 0 radical (unpaired) electrons. The Balaban J connectivity index is 1.43. The van der Waals surface area contributed by atoms with Gasteiger partial charge in [0, 0.05) is 34.9 Å². The highest BCUT2D eigenvalue weighted by Gasteiger charge is 2.20. The summed E-state index contributed by atoms with van der Waals surface area (Å²) in [5, 5.41) is 16.1. The predicted molar refractivity (Wildman–Crippen MR) is 133 cm³/mol. The Labute approximate surface area is 201 Å². The number of carboxylic acids is 1. The number of nitrogens with zero attached hydrogens (tertiary/aromatic N) is 2. The van der Waals surface area contributed by atoms with Gasteiger partial charge >= 0.3 is 5.97 Å². The number of aryl methyl sites for hydroxylation is 2. The van der Waals surface area contributed by atoms with Gasteiger partial charge in [0.1, 0.15) is 11.9 Å². The van der Waals surface area contributed by atoms with Crippen LogP contribution in [0.3, 0.4) is 0 Å². The maximum Gasteiger partial charge on any atom is 0.326 e. The van der Waals surface area contributed by atoms with Crippen LogP contribution in [0.5, 0.6) is 0 Å². The average molecular weight is 480 g/mol. The van der Waals surface area contributed by atoms with E-state index in [1.54, 1.807) is 19.3 Å². The van der Waals surface area contributed by atoms with E-state index in [0.29, 0.717) is 36.6 Å². The van der Waals surface area contributed by atoms with Gasteiger partial charge in [0.05, 0.1) is 12.2 Å². The lowest BCUT2D eigenvalue weighted by Crippen LogP contribution is -2.32. The molecule has 0 aliphatic heterocycles. The van der Waals surface area contributed by atoms with Gasteiger partial charge in [-0.2, -0.15) is 4.37 Å². The van der Waals surface area contributed by atoms with Gasteiger partial charge in [0.25, 0.3) is 0 Å². The quantitative estimate of drug-likeness (QED) is 0.247. The third kappa shape index (κ3) is 5.60. The van der Waals surface area contributed by atoms with Crippen molar-refractivity contribution in [2.24, 2.45) is 0 Å². The molecule has 0 saturated heterocycles. The Kier molecular flexibility index (Phi) is 7.22. The molecule has 9 heteroatoms. The van der Waals surface area contributed by atoms with E-state index in [2.05, 4.69) is 25.0 Å². The summed E-state index contributed by atoms with van der Waals surface area (Å²) in [5.74, 6) is -0.560. The first kappa shape index (κ1) is 23.4. The van der Waals surface area contributed by atoms with Crippen LogP contribution in [0.15, 0.2) is 54.9 Å². The predicted octanol–water partition coefficient (Wildman–Crippen LogP) is 5.26. The van der Waals surface area contributed by atoms with Crippen molar-refractivity contribution < 1.29 is 14.3 Å². The number of benzene rings is 2. The lowest BCUT2D eigenvalue weighted by Gasteiger charge is -2.20. The highest BCUT2D eigenvalue weighted by Crippen LogP contribution is 2.26. The van der Waals surface area contributed by atoms with E-state index in [9.17, 15) is 14.3 Å². The van der Waals surface area contributed by atoms with E-state index in [1.165, 1.54) is 23.7 Å². The first-order valence-corrected chi connectivity index (χ1v) is 11.8. The molecule has 0 bridgehead atoms. The smallest absolute Gasteiger partial charge is 0.326 e. The van der Waals surface area contributed by atoms with Crippen molar-refractivity contribution in [3.63, 3.8) is 0 Å². The zero-order chi connectivity index (χ0) is 24.1. The monoisotopic (exact) mass is 479 g/mol. The number of aromatic nitrogens is 3. The summed E-state index contributed by atoms with van der Waals surface area (Å²) in [7, 11) is 0. The van der Waals surface area contributed by atoms with E-state index in [4.69, 9.17) is 0 Å². The summed E-state index contributed by atoms with van der Waals surface area (Å²) in [4.78, 5) is 20.2. The molecule has 7 nitrogen and oxygen atoms in total. The Hall–Kier alpha value is -3.72. The summed E-state index contributed by atoms with van der Waals surface area (Å²) in [5.41, 5.74) is 4.86. The number of nitrogens with one attached hydrogen (secondary N) is 3. The van der Waals surface area contributed by atoms with Crippen molar-refractivity contribution in [3.05, 3.63) is 82.2 Å². The Morgan fingerprint density at radius 3 is 2.71 bits per heavy atom. The fourth-order valence-electron chi connectivity index (χ4n) is 3.78. The number of carboxylic acid groups (broad SMARTS) is 1. The number of rotatable bonds is 10. The topological polar surface area (TPSA) is 103 Å². The normalized spacial score (nSPS) is 11.9. The minimum Gasteiger partial charge on any atom is -0.480 e. The van der Waals surface area contributed by atoms with Gasteiger partial charge < -0.3 is 20.7 Å². The lowest BCUT2D eigenvalue weighted by atomic mass is 10.0. The van der Waals surface area contributed by atoms with Gasteiger partial charge in [-0.15, -0.1) is 0 Å². The first-order chi connectivity index (χ1) is 16.4. The molecule has 0 aliphatic rings.